The van der Waals surface area contributed by atoms with Crippen LogP contribution in [0.2, 0.25) is 0 Å². The topological polar surface area (TPSA) is 49.4 Å². The fourth-order valence-electron chi connectivity index (χ4n) is 3.71. The first-order valence-electron chi connectivity index (χ1n) is 9.12. The van der Waals surface area contributed by atoms with Crippen molar-refractivity contribution in [1.29, 1.82) is 0 Å². The predicted molar refractivity (Wildman–Crippen MR) is 91.5 cm³/mol. The second kappa shape index (κ2) is 7.68. The Morgan fingerprint density at radius 2 is 1.65 bits per heavy atom. The van der Waals surface area contributed by atoms with E-state index in [4.69, 9.17) is 0 Å². The van der Waals surface area contributed by atoms with Gasteiger partial charge in [-0.15, -0.1) is 0 Å². The molecule has 1 heterocycles. The van der Waals surface area contributed by atoms with E-state index in [1.165, 1.54) is 29.9 Å². The molecule has 0 aromatic heterocycles. The van der Waals surface area contributed by atoms with Crippen LogP contribution in [0.3, 0.4) is 0 Å². The number of anilines is 1. The summed E-state index contributed by atoms with van der Waals surface area (Å²) in [4.78, 5) is 26.1. The van der Waals surface area contributed by atoms with Gasteiger partial charge in [-0.3, -0.25) is 9.59 Å². The zero-order valence-corrected chi connectivity index (χ0v) is 14.5. The van der Waals surface area contributed by atoms with E-state index in [0.29, 0.717) is 5.69 Å². The number of amides is 2. The number of hydrogen-bond acceptors (Lipinski definition) is 2. The zero-order valence-electron chi connectivity index (χ0n) is 14.5. The number of rotatable bonds is 3. The van der Waals surface area contributed by atoms with E-state index in [0.717, 1.165) is 37.8 Å². The van der Waals surface area contributed by atoms with Gasteiger partial charge in [0.05, 0.1) is 11.5 Å². The van der Waals surface area contributed by atoms with Gasteiger partial charge in [-0.25, -0.2) is 0 Å². The highest BCUT2D eigenvalue weighted by molar-refractivity contribution is 6.00. The molecule has 1 N–H and O–H groups in total. The summed E-state index contributed by atoms with van der Waals surface area (Å²) in [5.41, 5.74) is -0.358. The Hall–Kier alpha value is -2.05. The Balaban J connectivity index is 1.61. The molecule has 4 nitrogen and oxygen atoms in total. The van der Waals surface area contributed by atoms with Crippen LogP contribution in [0.4, 0.5) is 18.9 Å². The first kappa shape index (κ1) is 18.7. The summed E-state index contributed by atoms with van der Waals surface area (Å²) in [6, 6.07) is 4.65. The van der Waals surface area contributed by atoms with Crippen LogP contribution < -0.4 is 10.2 Å². The van der Waals surface area contributed by atoms with Crippen LogP contribution in [0.5, 0.6) is 0 Å². The quantitative estimate of drug-likeness (QED) is 0.823. The molecule has 0 bridgehead atoms. The third-order valence-electron chi connectivity index (χ3n) is 5.20. The van der Waals surface area contributed by atoms with Crippen molar-refractivity contribution < 1.29 is 22.8 Å². The lowest BCUT2D eigenvalue weighted by atomic mass is 10.0. The summed E-state index contributed by atoms with van der Waals surface area (Å²) in [5.74, 6) is -0.807. The van der Waals surface area contributed by atoms with Gasteiger partial charge < -0.3 is 10.2 Å². The van der Waals surface area contributed by atoms with Crippen LogP contribution in [0.25, 0.3) is 0 Å². The van der Waals surface area contributed by atoms with Gasteiger partial charge in [0.15, 0.2) is 0 Å². The summed E-state index contributed by atoms with van der Waals surface area (Å²) in [6.45, 7) is 0.211. The Morgan fingerprint density at radius 1 is 1.04 bits per heavy atom. The normalized spacial score (nSPS) is 22.3. The van der Waals surface area contributed by atoms with Crippen molar-refractivity contribution in [2.24, 2.45) is 5.92 Å². The van der Waals surface area contributed by atoms with Crippen LogP contribution in [0.1, 0.15) is 50.5 Å². The molecule has 1 aliphatic heterocycles. The molecule has 1 aliphatic carbocycles. The standard InChI is InChI=1S/C19H23F3N2O2/c20-19(21,22)14-7-9-16(10-8-14)24-12-13(11-17(24)25)18(26)23-15-5-3-1-2-4-6-15/h7-10,13,15H,1-6,11-12H2,(H,23,26). The van der Waals surface area contributed by atoms with Gasteiger partial charge in [0.25, 0.3) is 0 Å². The molecule has 2 amide bonds. The van der Waals surface area contributed by atoms with Crippen LogP contribution in [0.15, 0.2) is 24.3 Å². The zero-order chi connectivity index (χ0) is 18.7. The minimum absolute atomic E-state index is 0.0968. The number of nitrogens with one attached hydrogen (secondary N) is 1. The Labute approximate surface area is 150 Å². The van der Waals surface area contributed by atoms with Crippen molar-refractivity contribution in [2.45, 2.75) is 57.2 Å². The van der Waals surface area contributed by atoms with Crippen molar-refractivity contribution in [3.05, 3.63) is 29.8 Å². The van der Waals surface area contributed by atoms with E-state index < -0.39 is 17.7 Å². The van der Waals surface area contributed by atoms with Crippen LogP contribution in [-0.2, 0) is 15.8 Å². The summed E-state index contributed by atoms with van der Waals surface area (Å²) >= 11 is 0. The molecular formula is C19H23F3N2O2. The maximum atomic E-state index is 12.7. The lowest BCUT2D eigenvalue weighted by Gasteiger charge is -2.20. The van der Waals surface area contributed by atoms with Gasteiger partial charge >= 0.3 is 6.18 Å². The van der Waals surface area contributed by atoms with Gasteiger partial charge in [-0.05, 0) is 37.1 Å². The minimum Gasteiger partial charge on any atom is -0.353 e. The van der Waals surface area contributed by atoms with Gasteiger partial charge in [0.1, 0.15) is 0 Å². The molecule has 1 unspecified atom stereocenters. The highest BCUT2D eigenvalue weighted by Gasteiger charge is 2.36. The molecule has 1 saturated heterocycles. The van der Waals surface area contributed by atoms with Crippen molar-refractivity contribution in [2.75, 3.05) is 11.4 Å². The van der Waals surface area contributed by atoms with E-state index in [-0.39, 0.29) is 30.8 Å². The fourth-order valence-corrected chi connectivity index (χ4v) is 3.71. The molecule has 1 atom stereocenters. The second-order valence-corrected chi connectivity index (χ2v) is 7.15. The fraction of sp³-hybridized carbons (Fsp3) is 0.579. The first-order chi connectivity index (χ1) is 12.3. The maximum absolute atomic E-state index is 12.7. The number of halogens is 3. The van der Waals surface area contributed by atoms with Gasteiger partial charge in [-0.2, -0.15) is 13.2 Å². The van der Waals surface area contributed by atoms with Gasteiger partial charge in [0, 0.05) is 24.7 Å². The van der Waals surface area contributed by atoms with Crippen molar-refractivity contribution in [3.8, 4) is 0 Å². The van der Waals surface area contributed by atoms with Crippen LogP contribution in [-0.4, -0.2) is 24.4 Å². The van der Waals surface area contributed by atoms with Gasteiger partial charge in [-0.1, -0.05) is 25.7 Å². The third-order valence-corrected chi connectivity index (χ3v) is 5.20. The number of carbonyl (C=O) groups is 2. The largest absolute Gasteiger partial charge is 0.416 e. The van der Waals surface area contributed by atoms with E-state index in [1.54, 1.807) is 0 Å². The Bertz CT molecular complexity index is 650. The van der Waals surface area contributed by atoms with E-state index >= 15 is 0 Å². The Morgan fingerprint density at radius 3 is 2.23 bits per heavy atom. The number of carbonyl (C=O) groups excluding carboxylic acids is 2. The summed E-state index contributed by atoms with van der Waals surface area (Å²) < 4.78 is 38.0. The van der Waals surface area contributed by atoms with Crippen LogP contribution >= 0.6 is 0 Å². The smallest absolute Gasteiger partial charge is 0.353 e. The molecule has 1 saturated carbocycles. The molecule has 1 aromatic carbocycles. The molecule has 7 heteroatoms. The van der Waals surface area contributed by atoms with Gasteiger partial charge in [0.2, 0.25) is 11.8 Å². The van der Waals surface area contributed by atoms with Crippen molar-refractivity contribution >= 4 is 17.5 Å². The summed E-state index contributed by atoms with van der Waals surface area (Å²) in [5, 5.41) is 3.06. The highest BCUT2D eigenvalue weighted by atomic mass is 19.4. The van der Waals surface area contributed by atoms with Crippen molar-refractivity contribution in [1.82, 2.24) is 5.32 Å². The molecule has 0 spiro atoms. The molecule has 3 rings (SSSR count). The summed E-state index contributed by atoms with van der Waals surface area (Å²) in [7, 11) is 0. The number of hydrogen-bond donors (Lipinski definition) is 1. The monoisotopic (exact) mass is 368 g/mol. The molecule has 2 fully saturated rings. The highest BCUT2D eigenvalue weighted by Crippen LogP contribution is 2.32. The number of alkyl halides is 3. The average Bonchev–Trinajstić information content (AvgIpc) is 2.80. The van der Waals surface area contributed by atoms with E-state index in [9.17, 15) is 22.8 Å². The maximum Gasteiger partial charge on any atom is 0.416 e. The predicted octanol–water partition coefficient (Wildman–Crippen LogP) is 3.90. The average molecular weight is 368 g/mol. The lowest BCUT2D eigenvalue weighted by molar-refractivity contribution is -0.137. The molecule has 26 heavy (non-hydrogen) atoms. The second-order valence-electron chi connectivity index (χ2n) is 7.15. The SMILES string of the molecule is O=C(NC1CCCCCC1)C1CC(=O)N(c2ccc(C(F)(F)F)cc2)C1. The van der Waals surface area contributed by atoms with E-state index in [2.05, 4.69) is 5.32 Å². The minimum atomic E-state index is -4.41. The number of nitrogens with zero attached hydrogens (tertiary/aromatic N) is 1. The summed E-state index contributed by atoms with van der Waals surface area (Å²) in [6.07, 6.45) is 2.21. The lowest BCUT2D eigenvalue weighted by Crippen LogP contribution is -2.39. The molecule has 1 aromatic rings. The first-order valence-corrected chi connectivity index (χ1v) is 9.12. The van der Waals surface area contributed by atoms with E-state index in [1.807, 2.05) is 0 Å². The van der Waals surface area contributed by atoms with Crippen molar-refractivity contribution in [3.63, 3.8) is 0 Å². The molecular weight excluding hydrogens is 345 g/mol. The Kier molecular flexibility index (Phi) is 5.53. The molecule has 0 radical (unpaired) electrons. The molecule has 2 aliphatic rings. The van der Waals surface area contributed by atoms with Crippen LogP contribution in [0, 0.1) is 5.92 Å². The third kappa shape index (κ3) is 4.37. The molecule has 142 valence electrons. The number of benzene rings is 1.